The van der Waals surface area contributed by atoms with E-state index in [4.69, 9.17) is 4.74 Å². The lowest BCUT2D eigenvalue weighted by molar-refractivity contribution is -0.121. The van der Waals surface area contributed by atoms with Gasteiger partial charge in [0.15, 0.2) is 5.82 Å². The number of aromatic nitrogens is 2. The van der Waals surface area contributed by atoms with Crippen molar-refractivity contribution in [2.24, 2.45) is 0 Å². The van der Waals surface area contributed by atoms with Crippen molar-refractivity contribution in [1.82, 2.24) is 20.8 Å². The number of carbonyl (C=O) groups excluding carboxylic acids is 2. The number of rotatable bonds is 5. The Kier molecular flexibility index (Phi) is 5.42. The average molecular weight is 397 g/mol. The molecule has 29 heavy (non-hydrogen) atoms. The summed E-state index contributed by atoms with van der Waals surface area (Å²) in [5.74, 6) is 1.08. The first-order valence-electron chi connectivity index (χ1n) is 10.1. The molecule has 1 aromatic heterocycles. The summed E-state index contributed by atoms with van der Waals surface area (Å²) in [6.45, 7) is 4.41. The minimum atomic E-state index is -0.348. The maximum absolute atomic E-state index is 11.8. The Balaban J connectivity index is 1.35. The second-order valence-electron chi connectivity index (χ2n) is 8.11. The number of hydrogen-bond donors (Lipinski definition) is 4. The number of anilines is 2. The first-order valence-corrected chi connectivity index (χ1v) is 10.1. The summed E-state index contributed by atoms with van der Waals surface area (Å²) >= 11 is 0. The zero-order chi connectivity index (χ0) is 20.4. The van der Waals surface area contributed by atoms with E-state index in [1.165, 1.54) is 0 Å². The standard InChI is InChI=1S/C21H27N5O3/c1-12(2)23-21(28)29-17-6-4-13(8-17)18-10-19(26-25-18)24-16-5-3-14-11-22-20(27)9-15(14)7-16/h3,5,7,10,12-13,17H,4,6,8-9,11H2,1-2H3,(H,22,27)(H,23,28)(H2,24,25,26)/t13-,17+/m0/s1. The van der Waals surface area contributed by atoms with E-state index in [2.05, 4.69) is 26.1 Å². The van der Waals surface area contributed by atoms with Crippen molar-refractivity contribution in [3.05, 3.63) is 41.1 Å². The van der Waals surface area contributed by atoms with Crippen LogP contribution >= 0.6 is 0 Å². The van der Waals surface area contributed by atoms with Crippen molar-refractivity contribution in [3.8, 4) is 0 Å². The number of carbonyl (C=O) groups is 2. The minimum absolute atomic E-state index is 0.0526. The normalized spacial score (nSPS) is 20.9. The fraction of sp³-hybridized carbons (Fsp3) is 0.476. The molecule has 1 aromatic carbocycles. The van der Waals surface area contributed by atoms with E-state index < -0.39 is 0 Å². The molecule has 0 unspecified atom stereocenters. The lowest BCUT2D eigenvalue weighted by Gasteiger charge is -2.17. The fourth-order valence-corrected chi connectivity index (χ4v) is 3.98. The molecule has 1 fully saturated rings. The highest BCUT2D eigenvalue weighted by Gasteiger charge is 2.30. The highest BCUT2D eigenvalue weighted by Crippen LogP contribution is 2.36. The molecule has 1 saturated carbocycles. The molecule has 8 heteroatoms. The fourth-order valence-electron chi connectivity index (χ4n) is 3.98. The topological polar surface area (TPSA) is 108 Å². The molecule has 154 valence electrons. The van der Waals surface area contributed by atoms with E-state index in [9.17, 15) is 9.59 Å². The second kappa shape index (κ2) is 8.14. The van der Waals surface area contributed by atoms with Gasteiger partial charge < -0.3 is 20.7 Å². The van der Waals surface area contributed by atoms with Gasteiger partial charge in [-0.3, -0.25) is 9.89 Å². The molecule has 0 spiro atoms. The molecule has 8 nitrogen and oxygen atoms in total. The van der Waals surface area contributed by atoms with Crippen LogP contribution < -0.4 is 16.0 Å². The van der Waals surface area contributed by atoms with Crippen LogP contribution in [0.2, 0.25) is 0 Å². The summed E-state index contributed by atoms with van der Waals surface area (Å²) in [6.07, 6.45) is 2.59. The van der Waals surface area contributed by atoms with Crippen molar-refractivity contribution in [3.63, 3.8) is 0 Å². The number of aromatic amines is 1. The summed E-state index contributed by atoms with van der Waals surface area (Å²) in [7, 11) is 0. The predicted molar refractivity (Wildman–Crippen MR) is 109 cm³/mol. The van der Waals surface area contributed by atoms with Gasteiger partial charge in [-0.05, 0) is 56.4 Å². The lowest BCUT2D eigenvalue weighted by Crippen LogP contribution is -2.33. The van der Waals surface area contributed by atoms with Crippen molar-refractivity contribution < 1.29 is 14.3 Å². The van der Waals surface area contributed by atoms with Gasteiger partial charge in [0.25, 0.3) is 0 Å². The zero-order valence-electron chi connectivity index (χ0n) is 16.7. The Bertz CT molecular complexity index is 907. The van der Waals surface area contributed by atoms with Crippen LogP contribution in [0.4, 0.5) is 16.3 Å². The van der Waals surface area contributed by atoms with E-state index in [1.54, 1.807) is 0 Å². The van der Waals surface area contributed by atoms with Gasteiger partial charge in [-0.2, -0.15) is 5.10 Å². The Morgan fingerprint density at radius 2 is 2.10 bits per heavy atom. The first kappa shape index (κ1) is 19.3. The second-order valence-corrected chi connectivity index (χ2v) is 8.11. The number of benzene rings is 1. The SMILES string of the molecule is CC(C)NC(=O)O[C@@H]1CC[C@H](c2cc(Nc3ccc4c(c3)CC(=O)NC4)n[nH]2)C1. The molecular formula is C21H27N5O3. The van der Waals surface area contributed by atoms with Crippen LogP contribution in [-0.2, 0) is 22.5 Å². The summed E-state index contributed by atoms with van der Waals surface area (Å²) in [4.78, 5) is 23.4. The largest absolute Gasteiger partial charge is 0.446 e. The maximum Gasteiger partial charge on any atom is 0.407 e. The Morgan fingerprint density at radius 3 is 2.93 bits per heavy atom. The summed E-state index contributed by atoms with van der Waals surface area (Å²) in [5.41, 5.74) is 4.15. The molecule has 2 amide bonds. The third kappa shape index (κ3) is 4.70. The van der Waals surface area contributed by atoms with E-state index in [1.807, 2.05) is 38.1 Å². The van der Waals surface area contributed by atoms with Crippen molar-refractivity contribution >= 4 is 23.5 Å². The van der Waals surface area contributed by atoms with E-state index in [-0.39, 0.29) is 24.1 Å². The van der Waals surface area contributed by atoms with Gasteiger partial charge in [-0.1, -0.05) is 6.07 Å². The molecule has 4 rings (SSSR count). The quantitative estimate of drug-likeness (QED) is 0.620. The third-order valence-electron chi connectivity index (χ3n) is 5.41. The zero-order valence-corrected chi connectivity index (χ0v) is 16.7. The van der Waals surface area contributed by atoms with E-state index in [0.717, 1.165) is 47.6 Å². The molecule has 4 N–H and O–H groups in total. The highest BCUT2D eigenvalue weighted by atomic mass is 16.6. The van der Waals surface area contributed by atoms with Crippen LogP contribution in [0.15, 0.2) is 24.3 Å². The van der Waals surface area contributed by atoms with Crippen molar-refractivity contribution in [2.45, 2.75) is 64.1 Å². The van der Waals surface area contributed by atoms with Crippen LogP contribution in [0.25, 0.3) is 0 Å². The maximum atomic E-state index is 11.8. The Labute approximate surface area is 169 Å². The van der Waals surface area contributed by atoms with Gasteiger partial charge in [-0.25, -0.2) is 4.79 Å². The molecule has 0 bridgehead atoms. The highest BCUT2D eigenvalue weighted by molar-refractivity contribution is 5.81. The summed E-state index contributed by atoms with van der Waals surface area (Å²) in [6, 6.07) is 8.12. The van der Waals surface area contributed by atoms with E-state index in [0.29, 0.717) is 18.9 Å². The Morgan fingerprint density at radius 1 is 1.24 bits per heavy atom. The number of alkyl carbamates (subject to hydrolysis) is 1. The molecule has 2 heterocycles. The smallest absolute Gasteiger partial charge is 0.407 e. The number of amides is 2. The van der Waals surface area contributed by atoms with Crippen LogP contribution in [0.1, 0.15) is 55.8 Å². The Hall–Kier alpha value is -3.03. The number of H-pyrrole nitrogens is 1. The van der Waals surface area contributed by atoms with Gasteiger partial charge >= 0.3 is 6.09 Å². The van der Waals surface area contributed by atoms with Gasteiger partial charge in [0.1, 0.15) is 6.10 Å². The van der Waals surface area contributed by atoms with Crippen LogP contribution in [0.3, 0.4) is 0 Å². The predicted octanol–water partition coefficient (Wildman–Crippen LogP) is 3.10. The minimum Gasteiger partial charge on any atom is -0.446 e. The molecule has 1 aliphatic carbocycles. The van der Waals surface area contributed by atoms with Gasteiger partial charge in [0, 0.05) is 36.0 Å². The summed E-state index contributed by atoms with van der Waals surface area (Å²) < 4.78 is 5.51. The number of nitrogens with one attached hydrogen (secondary N) is 4. The molecule has 2 aliphatic rings. The van der Waals surface area contributed by atoms with Crippen LogP contribution in [0.5, 0.6) is 0 Å². The molecule has 2 atom stereocenters. The van der Waals surface area contributed by atoms with Gasteiger partial charge in [-0.15, -0.1) is 0 Å². The molecule has 2 aromatic rings. The lowest BCUT2D eigenvalue weighted by atomic mass is 10.00. The van der Waals surface area contributed by atoms with E-state index >= 15 is 0 Å². The first-order chi connectivity index (χ1) is 14.0. The number of ether oxygens (including phenoxy) is 1. The third-order valence-corrected chi connectivity index (χ3v) is 5.41. The molecule has 0 radical (unpaired) electrons. The average Bonchev–Trinajstić information content (AvgIpc) is 3.30. The van der Waals surface area contributed by atoms with Crippen molar-refractivity contribution in [1.29, 1.82) is 0 Å². The number of fused-ring (bicyclic) bond motifs is 1. The number of hydrogen-bond acceptors (Lipinski definition) is 5. The number of nitrogens with zero attached hydrogens (tertiary/aromatic N) is 1. The molecule has 1 aliphatic heterocycles. The van der Waals surface area contributed by atoms with Gasteiger partial charge in [0.05, 0.1) is 6.42 Å². The summed E-state index contributed by atoms with van der Waals surface area (Å²) in [5, 5.41) is 16.4. The molecule has 0 saturated heterocycles. The monoisotopic (exact) mass is 397 g/mol. The van der Waals surface area contributed by atoms with Crippen molar-refractivity contribution in [2.75, 3.05) is 5.32 Å². The van der Waals surface area contributed by atoms with Crippen LogP contribution in [-0.4, -0.2) is 34.3 Å². The van der Waals surface area contributed by atoms with Crippen LogP contribution in [0, 0.1) is 0 Å². The van der Waals surface area contributed by atoms with Gasteiger partial charge in [0.2, 0.25) is 5.91 Å². The molecular weight excluding hydrogens is 370 g/mol.